The van der Waals surface area contributed by atoms with E-state index < -0.39 is 24.1 Å². The lowest BCUT2D eigenvalue weighted by atomic mass is 10.0. The van der Waals surface area contributed by atoms with Gasteiger partial charge in [0.2, 0.25) is 5.91 Å². The number of amides is 1. The monoisotopic (exact) mass is 504 g/mol. The van der Waals surface area contributed by atoms with Gasteiger partial charge in [0.25, 0.3) is 5.56 Å². The van der Waals surface area contributed by atoms with E-state index in [1.165, 1.54) is 49.1 Å². The van der Waals surface area contributed by atoms with E-state index in [2.05, 4.69) is 10.1 Å². The van der Waals surface area contributed by atoms with Crippen molar-refractivity contribution in [3.8, 4) is 22.6 Å². The van der Waals surface area contributed by atoms with Crippen LogP contribution in [0.1, 0.15) is 36.7 Å². The Morgan fingerprint density at radius 1 is 1.06 bits per heavy atom. The van der Waals surface area contributed by atoms with Crippen LogP contribution >= 0.6 is 11.6 Å². The van der Waals surface area contributed by atoms with Crippen molar-refractivity contribution in [2.24, 2.45) is 0 Å². The van der Waals surface area contributed by atoms with Crippen LogP contribution in [0.5, 0.6) is 11.5 Å². The van der Waals surface area contributed by atoms with Crippen molar-refractivity contribution in [2.45, 2.75) is 32.9 Å². The lowest BCUT2D eigenvalue weighted by Gasteiger charge is -2.21. The Morgan fingerprint density at radius 3 is 2.29 bits per heavy atom. The number of carbonyl (C=O) groups excluding carboxylic acids is 2. The van der Waals surface area contributed by atoms with Crippen molar-refractivity contribution in [3.05, 3.63) is 75.7 Å². The summed E-state index contributed by atoms with van der Waals surface area (Å²) < 4.78 is 37.0. The fourth-order valence-corrected chi connectivity index (χ4v) is 3.75. The second kappa shape index (κ2) is 11.1. The average molecular weight is 505 g/mol. The van der Waals surface area contributed by atoms with Gasteiger partial charge in [0.1, 0.15) is 17.5 Å². The SMILES string of the molecule is CCC(C(=O)Nc1ccc(C(C)=O)cc1)n1cc(OC)c(-c2cc(Cl)ccc2OC(F)F)cc1=O. The Bertz CT molecular complexity index is 1290. The second-order valence-electron chi connectivity index (χ2n) is 7.57. The maximum atomic E-state index is 13.0. The summed E-state index contributed by atoms with van der Waals surface area (Å²) in [6.07, 6.45) is 1.62. The number of ether oxygens (including phenoxy) is 2. The number of methoxy groups -OCH3 is 1. The zero-order valence-corrected chi connectivity index (χ0v) is 19.9. The molecular weight excluding hydrogens is 482 g/mol. The predicted molar refractivity (Wildman–Crippen MR) is 129 cm³/mol. The Kier molecular flexibility index (Phi) is 8.24. The number of nitrogens with zero attached hydrogens (tertiary/aromatic N) is 1. The third-order valence-electron chi connectivity index (χ3n) is 5.30. The second-order valence-corrected chi connectivity index (χ2v) is 8.00. The molecule has 1 atom stereocenters. The number of hydrogen-bond donors (Lipinski definition) is 1. The molecule has 0 aliphatic heterocycles. The number of ketones is 1. The Balaban J connectivity index is 1.99. The van der Waals surface area contributed by atoms with Crippen LogP contribution < -0.4 is 20.3 Å². The molecule has 1 aromatic heterocycles. The summed E-state index contributed by atoms with van der Waals surface area (Å²) in [5.41, 5.74) is 0.729. The van der Waals surface area contributed by atoms with Gasteiger partial charge in [-0.1, -0.05) is 18.5 Å². The lowest BCUT2D eigenvalue weighted by Crippen LogP contribution is -2.32. The molecule has 0 bridgehead atoms. The highest BCUT2D eigenvalue weighted by atomic mass is 35.5. The van der Waals surface area contributed by atoms with Gasteiger partial charge < -0.3 is 14.8 Å². The normalized spacial score (nSPS) is 11.7. The van der Waals surface area contributed by atoms with Gasteiger partial charge in [-0.3, -0.25) is 19.0 Å². The van der Waals surface area contributed by atoms with E-state index in [0.717, 1.165) is 0 Å². The number of Topliss-reactive ketones (excluding diaryl/α,β-unsaturated/α-hetero) is 1. The number of nitrogens with one attached hydrogen (secondary N) is 1. The van der Waals surface area contributed by atoms with Crippen LogP contribution in [0.3, 0.4) is 0 Å². The first-order valence-corrected chi connectivity index (χ1v) is 11.0. The van der Waals surface area contributed by atoms with Crippen molar-refractivity contribution in [2.75, 3.05) is 12.4 Å². The molecule has 0 fully saturated rings. The first-order chi connectivity index (χ1) is 16.6. The van der Waals surface area contributed by atoms with Crippen molar-refractivity contribution in [3.63, 3.8) is 0 Å². The van der Waals surface area contributed by atoms with Gasteiger partial charge in [-0.2, -0.15) is 8.78 Å². The van der Waals surface area contributed by atoms with Gasteiger partial charge in [-0.15, -0.1) is 0 Å². The Morgan fingerprint density at radius 2 is 1.71 bits per heavy atom. The molecule has 0 spiro atoms. The number of hydrogen-bond acceptors (Lipinski definition) is 5. The van der Waals surface area contributed by atoms with E-state index in [0.29, 0.717) is 11.3 Å². The maximum Gasteiger partial charge on any atom is 0.387 e. The molecule has 1 N–H and O–H groups in total. The van der Waals surface area contributed by atoms with Gasteiger partial charge in [0.05, 0.1) is 13.3 Å². The third-order valence-corrected chi connectivity index (χ3v) is 5.53. The van der Waals surface area contributed by atoms with E-state index >= 15 is 0 Å². The molecule has 0 saturated heterocycles. The fraction of sp³-hybridized carbons (Fsp3) is 0.240. The van der Waals surface area contributed by atoms with Crippen LogP contribution in [0.15, 0.2) is 59.5 Å². The summed E-state index contributed by atoms with van der Waals surface area (Å²) in [6.45, 7) is 0.0939. The number of aromatic nitrogens is 1. The van der Waals surface area contributed by atoms with E-state index in [9.17, 15) is 23.2 Å². The smallest absolute Gasteiger partial charge is 0.387 e. The standard InChI is InChI=1S/C25H23ClF2N2O5/c1-4-20(24(33)29-17-8-5-15(6-9-17)14(2)31)30-13-22(34-3)19(12-23(30)32)18-11-16(26)7-10-21(18)35-25(27)28/h5-13,20,25H,4H2,1-3H3,(H,29,33). The summed E-state index contributed by atoms with van der Waals surface area (Å²) in [7, 11) is 1.35. The number of anilines is 1. The molecule has 1 unspecified atom stereocenters. The molecule has 3 rings (SSSR count). The molecule has 35 heavy (non-hydrogen) atoms. The number of halogens is 3. The molecule has 7 nitrogen and oxygen atoms in total. The van der Waals surface area contributed by atoms with Gasteiger partial charge in [0.15, 0.2) is 5.78 Å². The van der Waals surface area contributed by atoms with Crippen LogP contribution in [0.4, 0.5) is 14.5 Å². The minimum absolute atomic E-state index is 0.102. The first-order valence-electron chi connectivity index (χ1n) is 10.6. The van der Waals surface area contributed by atoms with E-state index in [1.54, 1.807) is 31.2 Å². The van der Waals surface area contributed by atoms with E-state index in [4.69, 9.17) is 16.3 Å². The average Bonchev–Trinajstić information content (AvgIpc) is 2.81. The number of rotatable bonds is 9. The summed E-state index contributed by atoms with van der Waals surface area (Å²) in [5, 5.41) is 2.98. The largest absolute Gasteiger partial charge is 0.495 e. The Hall–Kier alpha value is -3.72. The van der Waals surface area contributed by atoms with E-state index in [1.807, 2.05) is 0 Å². The molecule has 3 aromatic rings. The highest BCUT2D eigenvalue weighted by Crippen LogP contribution is 2.38. The van der Waals surface area contributed by atoms with Crippen LogP contribution in [0.25, 0.3) is 11.1 Å². The summed E-state index contributed by atoms with van der Waals surface area (Å²) in [6, 6.07) is 10.7. The molecule has 10 heteroatoms. The first kappa shape index (κ1) is 25.9. The van der Waals surface area contributed by atoms with Crippen molar-refractivity contribution < 1.29 is 27.8 Å². The summed E-state index contributed by atoms with van der Waals surface area (Å²) in [5.74, 6) is -0.582. The Labute approximate surface area is 205 Å². The number of alkyl halides is 2. The molecule has 2 aromatic carbocycles. The fourth-order valence-electron chi connectivity index (χ4n) is 3.58. The molecule has 0 radical (unpaired) electrons. The topological polar surface area (TPSA) is 86.6 Å². The quantitative estimate of drug-likeness (QED) is 0.385. The summed E-state index contributed by atoms with van der Waals surface area (Å²) in [4.78, 5) is 37.5. The molecule has 0 aliphatic rings. The van der Waals surface area contributed by atoms with Gasteiger partial charge in [-0.25, -0.2) is 0 Å². The highest BCUT2D eigenvalue weighted by Gasteiger charge is 2.23. The number of benzene rings is 2. The van der Waals surface area contributed by atoms with Crippen LogP contribution in [0.2, 0.25) is 5.02 Å². The van der Waals surface area contributed by atoms with Crippen molar-refractivity contribution >= 4 is 29.0 Å². The minimum atomic E-state index is -3.08. The molecular formula is C25H23ClF2N2O5. The van der Waals surface area contributed by atoms with Crippen LogP contribution in [-0.2, 0) is 4.79 Å². The van der Waals surface area contributed by atoms with E-state index in [-0.39, 0.29) is 39.9 Å². The van der Waals surface area contributed by atoms with Crippen LogP contribution in [-0.4, -0.2) is 30.0 Å². The summed E-state index contributed by atoms with van der Waals surface area (Å²) >= 11 is 6.05. The molecule has 0 saturated carbocycles. The third kappa shape index (κ3) is 6.05. The molecule has 1 heterocycles. The highest BCUT2D eigenvalue weighted by molar-refractivity contribution is 6.31. The van der Waals surface area contributed by atoms with Gasteiger partial charge in [-0.05, 0) is 55.8 Å². The minimum Gasteiger partial charge on any atom is -0.495 e. The van der Waals surface area contributed by atoms with Crippen molar-refractivity contribution in [1.29, 1.82) is 0 Å². The van der Waals surface area contributed by atoms with Gasteiger partial charge in [0, 0.05) is 33.5 Å². The van der Waals surface area contributed by atoms with Crippen molar-refractivity contribution in [1.82, 2.24) is 4.57 Å². The molecule has 1 amide bonds. The maximum absolute atomic E-state index is 13.0. The number of carbonyl (C=O) groups is 2. The molecule has 184 valence electrons. The number of pyridine rings is 1. The van der Waals surface area contributed by atoms with Gasteiger partial charge >= 0.3 is 6.61 Å². The predicted octanol–water partition coefficient (Wildman–Crippen LogP) is 5.57. The zero-order valence-electron chi connectivity index (χ0n) is 19.2. The zero-order chi connectivity index (χ0) is 25.7. The lowest BCUT2D eigenvalue weighted by molar-refractivity contribution is -0.119. The van der Waals surface area contributed by atoms with Crippen LogP contribution in [0, 0.1) is 0 Å². The molecule has 0 aliphatic carbocycles.